The minimum absolute atomic E-state index is 0.0439. The lowest BCUT2D eigenvalue weighted by Gasteiger charge is -2.15. The summed E-state index contributed by atoms with van der Waals surface area (Å²) in [6, 6.07) is 3.79. The number of hydrogen-bond donors (Lipinski definition) is 0. The Morgan fingerprint density at radius 3 is 2.35 bits per heavy atom. The average molecular weight is 483 g/mol. The predicted octanol–water partition coefficient (Wildman–Crippen LogP) is 5.89. The highest BCUT2D eigenvalue weighted by Crippen LogP contribution is 2.38. The molecular weight excluding hydrogens is 472 g/mol. The molecule has 20 heavy (non-hydrogen) atoms. The number of ketones is 1. The third kappa shape index (κ3) is 2.89. The highest BCUT2D eigenvalue weighted by Gasteiger charge is 2.23. The van der Waals surface area contributed by atoms with E-state index in [0.717, 1.165) is 23.2 Å². The van der Waals surface area contributed by atoms with Crippen molar-refractivity contribution < 1.29 is 9.53 Å². The molecule has 0 unspecified atom stereocenters. The van der Waals surface area contributed by atoms with Gasteiger partial charge in [-0.15, -0.1) is 11.3 Å². The number of hydrogen-bond acceptors (Lipinski definition) is 3. The van der Waals surface area contributed by atoms with E-state index in [1.807, 2.05) is 26.0 Å². The number of rotatable bonds is 3. The van der Waals surface area contributed by atoms with E-state index >= 15 is 0 Å². The fourth-order valence-corrected chi connectivity index (χ4v) is 5.35. The molecule has 1 heterocycles. The van der Waals surface area contributed by atoms with Crippen molar-refractivity contribution in [2.75, 3.05) is 7.11 Å². The molecule has 0 saturated carbocycles. The van der Waals surface area contributed by atoms with E-state index in [-0.39, 0.29) is 5.78 Å². The van der Waals surface area contributed by atoms with Crippen molar-refractivity contribution in [2.24, 2.45) is 0 Å². The maximum atomic E-state index is 12.8. The largest absolute Gasteiger partial charge is 0.496 e. The Balaban J connectivity index is 2.68. The van der Waals surface area contributed by atoms with Crippen molar-refractivity contribution in [3.63, 3.8) is 0 Å². The van der Waals surface area contributed by atoms with Crippen LogP contribution in [0, 0.1) is 13.8 Å². The van der Waals surface area contributed by atoms with E-state index in [9.17, 15) is 4.79 Å². The second-order valence-corrected chi connectivity index (χ2v) is 8.88. The average Bonchev–Trinajstić information content (AvgIpc) is 2.71. The number of ether oxygens (including phenoxy) is 1. The van der Waals surface area contributed by atoms with Crippen molar-refractivity contribution in [2.45, 2.75) is 13.8 Å². The molecule has 0 aliphatic heterocycles. The van der Waals surface area contributed by atoms with E-state index in [0.29, 0.717) is 16.9 Å². The van der Waals surface area contributed by atoms with E-state index in [4.69, 9.17) is 4.74 Å². The molecule has 0 saturated heterocycles. The summed E-state index contributed by atoms with van der Waals surface area (Å²) in [6.07, 6.45) is 0. The number of thiophene rings is 1. The Hall–Kier alpha value is -0.170. The zero-order chi connectivity index (χ0) is 15.0. The SMILES string of the molecule is COc1c(C)cc(Br)c(C)c1C(=O)c1cc(Br)sc1Br. The van der Waals surface area contributed by atoms with Crippen LogP contribution in [0.25, 0.3) is 0 Å². The van der Waals surface area contributed by atoms with Gasteiger partial charge >= 0.3 is 0 Å². The summed E-state index contributed by atoms with van der Waals surface area (Å²) >= 11 is 11.8. The van der Waals surface area contributed by atoms with Gasteiger partial charge in [0.15, 0.2) is 5.78 Å². The van der Waals surface area contributed by atoms with Gasteiger partial charge in [-0.2, -0.15) is 0 Å². The lowest BCUT2D eigenvalue weighted by molar-refractivity contribution is 0.103. The van der Waals surface area contributed by atoms with Crippen molar-refractivity contribution in [3.05, 3.63) is 46.4 Å². The summed E-state index contributed by atoms with van der Waals surface area (Å²) in [5.41, 5.74) is 3.05. The summed E-state index contributed by atoms with van der Waals surface area (Å²) < 4.78 is 8.07. The summed E-state index contributed by atoms with van der Waals surface area (Å²) in [6.45, 7) is 3.84. The second kappa shape index (κ2) is 6.30. The zero-order valence-electron chi connectivity index (χ0n) is 11.0. The first-order valence-corrected chi connectivity index (χ1v) is 8.89. The number of benzene rings is 1. The van der Waals surface area contributed by atoms with Crippen LogP contribution in [-0.4, -0.2) is 12.9 Å². The molecule has 0 spiro atoms. The summed E-state index contributed by atoms with van der Waals surface area (Å²) in [7, 11) is 1.59. The lowest BCUT2D eigenvalue weighted by Crippen LogP contribution is -2.08. The molecule has 0 N–H and O–H groups in total. The Morgan fingerprint density at radius 1 is 1.20 bits per heavy atom. The van der Waals surface area contributed by atoms with Gasteiger partial charge in [0.2, 0.25) is 0 Å². The minimum atomic E-state index is -0.0439. The highest BCUT2D eigenvalue weighted by molar-refractivity contribution is 9.12. The van der Waals surface area contributed by atoms with Crippen LogP contribution in [0.3, 0.4) is 0 Å². The standard InChI is InChI=1S/C14H11Br3O2S/c1-6-4-9(15)7(2)11(13(6)19-3)12(18)8-5-10(16)20-14(8)17/h4-5H,1-3H3. The van der Waals surface area contributed by atoms with Gasteiger partial charge in [-0.3, -0.25) is 4.79 Å². The molecule has 0 bridgehead atoms. The molecule has 0 aliphatic rings. The maximum Gasteiger partial charge on any atom is 0.199 e. The molecule has 106 valence electrons. The third-order valence-electron chi connectivity index (χ3n) is 2.99. The molecule has 2 aromatic rings. The quantitative estimate of drug-likeness (QED) is 0.510. The van der Waals surface area contributed by atoms with Gasteiger partial charge in [0.25, 0.3) is 0 Å². The molecule has 6 heteroatoms. The molecular formula is C14H11Br3O2S. The number of methoxy groups -OCH3 is 1. The molecule has 1 aromatic carbocycles. The van der Waals surface area contributed by atoms with E-state index < -0.39 is 0 Å². The van der Waals surface area contributed by atoms with Crippen LogP contribution in [-0.2, 0) is 0 Å². The van der Waals surface area contributed by atoms with Crippen LogP contribution >= 0.6 is 59.1 Å². The topological polar surface area (TPSA) is 26.3 Å². The first-order chi connectivity index (χ1) is 9.36. The van der Waals surface area contributed by atoms with Crippen LogP contribution in [0.4, 0.5) is 0 Å². The van der Waals surface area contributed by atoms with Gasteiger partial charge in [-0.25, -0.2) is 0 Å². The minimum Gasteiger partial charge on any atom is -0.496 e. The van der Waals surface area contributed by atoms with E-state index in [2.05, 4.69) is 47.8 Å². The summed E-state index contributed by atoms with van der Waals surface area (Å²) in [4.78, 5) is 12.8. The number of carbonyl (C=O) groups excluding carboxylic acids is 1. The van der Waals surface area contributed by atoms with Gasteiger partial charge in [0, 0.05) is 10.0 Å². The predicted molar refractivity (Wildman–Crippen MR) is 93.3 cm³/mol. The molecule has 2 nitrogen and oxygen atoms in total. The van der Waals surface area contributed by atoms with Crippen LogP contribution < -0.4 is 4.74 Å². The third-order valence-corrected chi connectivity index (χ3v) is 6.16. The van der Waals surface area contributed by atoms with Crippen molar-refractivity contribution in [3.8, 4) is 5.75 Å². The van der Waals surface area contributed by atoms with Crippen LogP contribution in [0.15, 0.2) is 24.2 Å². The second-order valence-electron chi connectivity index (χ2n) is 4.28. The van der Waals surface area contributed by atoms with Crippen LogP contribution in [0.1, 0.15) is 27.0 Å². The van der Waals surface area contributed by atoms with Gasteiger partial charge < -0.3 is 4.74 Å². The molecule has 2 rings (SSSR count). The van der Waals surface area contributed by atoms with E-state index in [1.54, 1.807) is 7.11 Å². The molecule has 0 fully saturated rings. The number of carbonyl (C=O) groups is 1. The summed E-state index contributed by atoms with van der Waals surface area (Å²) in [5.74, 6) is 0.586. The van der Waals surface area contributed by atoms with Crippen molar-refractivity contribution >= 4 is 64.9 Å². The van der Waals surface area contributed by atoms with Crippen molar-refractivity contribution in [1.29, 1.82) is 0 Å². The first-order valence-electron chi connectivity index (χ1n) is 5.70. The first kappa shape index (κ1) is 16.2. The highest BCUT2D eigenvalue weighted by atomic mass is 79.9. The normalized spacial score (nSPS) is 10.7. The van der Waals surface area contributed by atoms with Crippen molar-refractivity contribution in [1.82, 2.24) is 0 Å². The lowest BCUT2D eigenvalue weighted by atomic mass is 9.97. The fourth-order valence-electron chi connectivity index (χ4n) is 2.02. The summed E-state index contributed by atoms with van der Waals surface area (Å²) in [5, 5.41) is 0. The maximum absolute atomic E-state index is 12.8. The van der Waals surface area contributed by atoms with Gasteiger partial charge in [-0.05, 0) is 69.0 Å². The molecule has 0 radical (unpaired) electrons. The molecule has 1 aromatic heterocycles. The fraction of sp³-hybridized carbons (Fsp3) is 0.214. The molecule has 0 aliphatic carbocycles. The Kier molecular flexibility index (Phi) is 5.10. The smallest absolute Gasteiger partial charge is 0.199 e. The molecule has 0 atom stereocenters. The van der Waals surface area contributed by atoms with Crippen LogP contribution in [0.5, 0.6) is 5.75 Å². The zero-order valence-corrected chi connectivity index (χ0v) is 16.6. The van der Waals surface area contributed by atoms with Gasteiger partial charge in [0.05, 0.1) is 20.2 Å². The van der Waals surface area contributed by atoms with E-state index in [1.165, 1.54) is 11.3 Å². The molecule has 0 amide bonds. The Morgan fingerprint density at radius 2 is 1.85 bits per heavy atom. The van der Waals surface area contributed by atoms with Gasteiger partial charge in [0.1, 0.15) is 5.75 Å². The van der Waals surface area contributed by atoms with Gasteiger partial charge in [-0.1, -0.05) is 15.9 Å². The van der Waals surface area contributed by atoms with Crippen LogP contribution in [0.2, 0.25) is 0 Å². The monoisotopic (exact) mass is 480 g/mol. The Labute approximate surface area is 146 Å². The number of halogens is 3. The Bertz CT molecular complexity index is 692. The number of aryl methyl sites for hydroxylation is 1.